The number of amides is 1. The molecule has 7 heteroatoms. The molecule has 0 fully saturated rings. The molecule has 1 N–H and O–H groups in total. The van der Waals surface area contributed by atoms with E-state index in [0.29, 0.717) is 16.5 Å². The van der Waals surface area contributed by atoms with Gasteiger partial charge < -0.3 is 14.8 Å². The van der Waals surface area contributed by atoms with Crippen molar-refractivity contribution >= 4 is 40.8 Å². The van der Waals surface area contributed by atoms with Crippen LogP contribution in [0.3, 0.4) is 0 Å². The summed E-state index contributed by atoms with van der Waals surface area (Å²) in [6.07, 6.45) is -0.925. The van der Waals surface area contributed by atoms with E-state index in [1.54, 1.807) is 24.3 Å². The van der Waals surface area contributed by atoms with Crippen molar-refractivity contribution in [2.75, 3.05) is 11.9 Å². The lowest BCUT2D eigenvalue weighted by molar-refractivity contribution is -0.153. The predicted octanol–water partition coefficient (Wildman–Crippen LogP) is 4.25. The van der Waals surface area contributed by atoms with Gasteiger partial charge in [0.1, 0.15) is 5.75 Å². The highest BCUT2D eigenvalue weighted by atomic mass is 35.5. The van der Waals surface area contributed by atoms with Crippen LogP contribution in [0.2, 0.25) is 10.0 Å². The molecule has 132 valence electrons. The molecule has 0 heterocycles. The van der Waals surface area contributed by atoms with Gasteiger partial charge in [-0.25, -0.2) is 4.79 Å². The third-order valence-electron chi connectivity index (χ3n) is 3.21. The largest absolute Gasteiger partial charge is 0.477 e. The predicted molar refractivity (Wildman–Crippen MR) is 97.3 cm³/mol. The number of carbonyl (C=O) groups is 2. The lowest BCUT2D eigenvalue weighted by Gasteiger charge is -2.15. The van der Waals surface area contributed by atoms with Gasteiger partial charge in [-0.2, -0.15) is 0 Å². The summed E-state index contributed by atoms with van der Waals surface area (Å²) in [5.74, 6) is -0.807. The summed E-state index contributed by atoms with van der Waals surface area (Å²) in [6.45, 7) is 3.04. The van der Waals surface area contributed by atoms with Crippen LogP contribution in [-0.4, -0.2) is 24.6 Å². The quantitative estimate of drug-likeness (QED) is 0.759. The lowest BCUT2D eigenvalue weighted by atomic mass is 10.2. The molecule has 25 heavy (non-hydrogen) atoms. The van der Waals surface area contributed by atoms with Crippen LogP contribution in [0.25, 0.3) is 0 Å². The number of carbonyl (C=O) groups excluding carboxylic acids is 2. The standard InChI is InChI=1S/C18H17Cl2NO4/c1-11-3-6-14(7-4-11)21-17(22)10-24-18(23)12(2)25-16-8-5-13(19)9-15(16)20/h3-9,12H,10H2,1-2H3,(H,21,22)/t12-/m0/s1. The van der Waals surface area contributed by atoms with Gasteiger partial charge in [-0.05, 0) is 44.2 Å². The summed E-state index contributed by atoms with van der Waals surface area (Å²) >= 11 is 11.8. The molecule has 0 aromatic heterocycles. The molecular formula is C18H17Cl2NO4. The zero-order valence-electron chi connectivity index (χ0n) is 13.7. The molecule has 5 nitrogen and oxygen atoms in total. The molecule has 1 amide bonds. The molecule has 2 rings (SSSR count). The van der Waals surface area contributed by atoms with Crippen LogP contribution in [0.1, 0.15) is 12.5 Å². The minimum atomic E-state index is -0.925. The van der Waals surface area contributed by atoms with E-state index < -0.39 is 24.6 Å². The molecule has 0 radical (unpaired) electrons. The topological polar surface area (TPSA) is 64.6 Å². The number of aryl methyl sites for hydroxylation is 1. The number of ether oxygens (including phenoxy) is 2. The first-order valence-electron chi connectivity index (χ1n) is 7.50. The third kappa shape index (κ3) is 5.96. The van der Waals surface area contributed by atoms with E-state index in [1.807, 2.05) is 19.1 Å². The highest BCUT2D eigenvalue weighted by Crippen LogP contribution is 2.28. The van der Waals surface area contributed by atoms with E-state index >= 15 is 0 Å². The highest BCUT2D eigenvalue weighted by molar-refractivity contribution is 6.35. The first kappa shape index (κ1) is 19.1. The van der Waals surface area contributed by atoms with Gasteiger partial charge in [0.15, 0.2) is 12.7 Å². The van der Waals surface area contributed by atoms with E-state index in [1.165, 1.54) is 13.0 Å². The van der Waals surface area contributed by atoms with Gasteiger partial charge in [-0.1, -0.05) is 40.9 Å². The molecule has 0 saturated carbocycles. The second-order valence-corrected chi connectivity index (χ2v) is 6.20. The summed E-state index contributed by atoms with van der Waals surface area (Å²) in [5.41, 5.74) is 1.71. The van der Waals surface area contributed by atoms with Crippen molar-refractivity contribution in [1.29, 1.82) is 0 Å². The second kappa shape index (κ2) is 8.74. The summed E-state index contributed by atoms with van der Waals surface area (Å²) in [6, 6.07) is 11.9. The molecule has 0 spiro atoms. The average Bonchev–Trinajstić information content (AvgIpc) is 2.57. The number of nitrogens with one attached hydrogen (secondary N) is 1. The molecule has 0 saturated heterocycles. The fraction of sp³-hybridized carbons (Fsp3) is 0.222. The number of anilines is 1. The Morgan fingerprint density at radius 3 is 2.44 bits per heavy atom. The van der Waals surface area contributed by atoms with Gasteiger partial charge in [0.2, 0.25) is 0 Å². The monoisotopic (exact) mass is 381 g/mol. The molecule has 1 atom stereocenters. The van der Waals surface area contributed by atoms with E-state index in [0.717, 1.165) is 5.56 Å². The minimum absolute atomic E-state index is 0.282. The molecule has 0 aliphatic carbocycles. The molecule has 2 aromatic carbocycles. The molecule has 0 unspecified atom stereocenters. The van der Waals surface area contributed by atoms with Gasteiger partial charge >= 0.3 is 5.97 Å². The van der Waals surface area contributed by atoms with Crippen molar-refractivity contribution < 1.29 is 19.1 Å². The highest BCUT2D eigenvalue weighted by Gasteiger charge is 2.19. The number of rotatable bonds is 6. The van der Waals surface area contributed by atoms with Crippen molar-refractivity contribution in [2.45, 2.75) is 20.0 Å². The Labute approximate surface area is 155 Å². The average molecular weight is 382 g/mol. The lowest BCUT2D eigenvalue weighted by Crippen LogP contribution is -2.29. The van der Waals surface area contributed by atoms with Crippen LogP contribution in [0.15, 0.2) is 42.5 Å². The van der Waals surface area contributed by atoms with E-state index in [4.69, 9.17) is 32.7 Å². The number of esters is 1. The molecule has 0 aliphatic heterocycles. The van der Waals surface area contributed by atoms with Crippen molar-refractivity contribution in [3.63, 3.8) is 0 Å². The molecule has 0 bridgehead atoms. The number of benzene rings is 2. The van der Waals surface area contributed by atoms with Gasteiger partial charge in [0.25, 0.3) is 5.91 Å². The van der Waals surface area contributed by atoms with Crippen LogP contribution in [0.4, 0.5) is 5.69 Å². The third-order valence-corrected chi connectivity index (χ3v) is 3.74. The number of hydrogen-bond acceptors (Lipinski definition) is 4. The second-order valence-electron chi connectivity index (χ2n) is 5.36. The summed E-state index contributed by atoms with van der Waals surface area (Å²) < 4.78 is 10.4. The van der Waals surface area contributed by atoms with Crippen molar-refractivity contribution in [2.24, 2.45) is 0 Å². The summed E-state index contributed by atoms with van der Waals surface area (Å²) in [5, 5.41) is 3.38. The van der Waals surface area contributed by atoms with E-state index in [2.05, 4.69) is 5.32 Å². The number of hydrogen-bond donors (Lipinski definition) is 1. The fourth-order valence-corrected chi connectivity index (χ4v) is 2.35. The number of halogens is 2. The van der Waals surface area contributed by atoms with Crippen LogP contribution in [0.5, 0.6) is 5.75 Å². The maximum atomic E-state index is 11.9. The Balaban J connectivity index is 1.82. The van der Waals surface area contributed by atoms with Gasteiger partial charge in [0, 0.05) is 10.7 Å². The first-order chi connectivity index (χ1) is 11.8. The Morgan fingerprint density at radius 2 is 1.80 bits per heavy atom. The van der Waals surface area contributed by atoms with Crippen molar-refractivity contribution in [3.05, 3.63) is 58.1 Å². The zero-order chi connectivity index (χ0) is 18.4. The van der Waals surface area contributed by atoms with Crippen LogP contribution in [0, 0.1) is 6.92 Å². The Morgan fingerprint density at radius 1 is 1.12 bits per heavy atom. The summed E-state index contributed by atoms with van der Waals surface area (Å²) in [4.78, 5) is 23.7. The normalized spacial score (nSPS) is 11.5. The van der Waals surface area contributed by atoms with Crippen molar-refractivity contribution in [1.82, 2.24) is 0 Å². The smallest absolute Gasteiger partial charge is 0.347 e. The van der Waals surface area contributed by atoms with Crippen LogP contribution >= 0.6 is 23.2 Å². The molecule has 0 aliphatic rings. The molecule has 2 aromatic rings. The Hall–Kier alpha value is -2.24. The van der Waals surface area contributed by atoms with E-state index in [-0.39, 0.29) is 5.02 Å². The van der Waals surface area contributed by atoms with Gasteiger partial charge in [-0.15, -0.1) is 0 Å². The van der Waals surface area contributed by atoms with Gasteiger partial charge in [-0.3, -0.25) is 4.79 Å². The van der Waals surface area contributed by atoms with Gasteiger partial charge in [0.05, 0.1) is 5.02 Å². The molecular weight excluding hydrogens is 365 g/mol. The van der Waals surface area contributed by atoms with Crippen molar-refractivity contribution in [3.8, 4) is 5.75 Å². The Bertz CT molecular complexity index is 762. The summed E-state index contributed by atoms with van der Waals surface area (Å²) in [7, 11) is 0. The van der Waals surface area contributed by atoms with Crippen LogP contribution < -0.4 is 10.1 Å². The SMILES string of the molecule is Cc1ccc(NC(=O)COC(=O)[C@H](C)Oc2ccc(Cl)cc2Cl)cc1. The minimum Gasteiger partial charge on any atom is -0.477 e. The van der Waals surface area contributed by atoms with Crippen LogP contribution in [-0.2, 0) is 14.3 Å². The maximum absolute atomic E-state index is 11.9. The maximum Gasteiger partial charge on any atom is 0.347 e. The Kier molecular flexibility index (Phi) is 6.67. The van der Waals surface area contributed by atoms with E-state index in [9.17, 15) is 9.59 Å². The zero-order valence-corrected chi connectivity index (χ0v) is 15.2. The first-order valence-corrected chi connectivity index (χ1v) is 8.25. The fourth-order valence-electron chi connectivity index (χ4n) is 1.90.